The van der Waals surface area contributed by atoms with E-state index in [0.717, 1.165) is 6.42 Å². The highest BCUT2D eigenvalue weighted by Gasteiger charge is 2.15. The van der Waals surface area contributed by atoms with E-state index in [-0.39, 0.29) is 18.0 Å². The maximum atomic E-state index is 11.5. The first-order valence-electron chi connectivity index (χ1n) is 6.86. The van der Waals surface area contributed by atoms with Gasteiger partial charge in [-0.2, -0.15) is 0 Å². The van der Waals surface area contributed by atoms with E-state index in [1.807, 2.05) is 13.8 Å². The van der Waals surface area contributed by atoms with Crippen molar-refractivity contribution in [2.45, 2.75) is 39.9 Å². The Morgan fingerprint density at radius 3 is 2.59 bits per heavy atom. The first-order valence-corrected chi connectivity index (χ1v) is 6.86. The topological polar surface area (TPSA) is 124 Å². The molecule has 0 spiro atoms. The van der Waals surface area contributed by atoms with Crippen LogP contribution >= 0.6 is 0 Å². The molecule has 0 rings (SSSR count). The Morgan fingerprint density at radius 2 is 2.05 bits per heavy atom. The van der Waals surface area contributed by atoms with E-state index in [0.29, 0.717) is 12.5 Å². The lowest BCUT2D eigenvalue weighted by Gasteiger charge is -2.17. The number of nitrogens with zero attached hydrogens (tertiary/aromatic N) is 3. The summed E-state index contributed by atoms with van der Waals surface area (Å²) in [7, 11) is 1.55. The van der Waals surface area contributed by atoms with Crippen LogP contribution in [-0.4, -0.2) is 53.7 Å². The zero-order valence-electron chi connectivity index (χ0n) is 13.2. The van der Waals surface area contributed by atoms with Gasteiger partial charge in [-0.25, -0.2) is 4.79 Å². The van der Waals surface area contributed by atoms with Crippen LogP contribution in [-0.2, 0) is 19.1 Å². The lowest BCUT2D eigenvalue weighted by atomic mass is 10.1. The third-order valence-corrected chi connectivity index (χ3v) is 2.63. The van der Waals surface area contributed by atoms with Gasteiger partial charge in [-0.3, -0.25) is 9.63 Å². The molecule has 0 aliphatic carbocycles. The summed E-state index contributed by atoms with van der Waals surface area (Å²) in [4.78, 5) is 26.3. The van der Waals surface area contributed by atoms with E-state index in [2.05, 4.69) is 14.8 Å². The smallest absolute Gasteiger partial charge is 0.511 e. The van der Waals surface area contributed by atoms with Crippen LogP contribution in [0, 0.1) is 11.1 Å². The van der Waals surface area contributed by atoms with Crippen LogP contribution in [0.4, 0.5) is 4.79 Å². The molecule has 128 valence electrons. The minimum absolute atomic E-state index is 0.252. The SMILES string of the molecule is CCC(C)CN(C)[N+]([O-])=NOC(C)OC(=O)OCCC(=O)O. The fourth-order valence-corrected chi connectivity index (χ4v) is 1.23. The molecule has 0 bridgehead atoms. The molecule has 0 saturated carbocycles. The maximum Gasteiger partial charge on any atom is 0.511 e. The quantitative estimate of drug-likeness (QED) is 0.212. The maximum absolute atomic E-state index is 11.5. The predicted octanol–water partition coefficient (Wildman–Crippen LogP) is 1.75. The molecule has 0 aliphatic rings. The minimum atomic E-state index is -1.15. The highest BCUT2D eigenvalue weighted by Crippen LogP contribution is 2.04. The van der Waals surface area contributed by atoms with Crippen molar-refractivity contribution < 1.29 is 34.0 Å². The van der Waals surface area contributed by atoms with Crippen molar-refractivity contribution in [2.75, 3.05) is 20.2 Å². The Labute approximate surface area is 128 Å². The van der Waals surface area contributed by atoms with Gasteiger partial charge in [0.25, 0.3) is 6.29 Å². The number of rotatable bonds is 10. The number of ether oxygens (including phenoxy) is 2. The van der Waals surface area contributed by atoms with Crippen molar-refractivity contribution in [3.63, 3.8) is 0 Å². The second-order valence-electron chi connectivity index (χ2n) is 4.72. The van der Waals surface area contributed by atoms with Gasteiger partial charge in [0.1, 0.15) is 6.61 Å². The van der Waals surface area contributed by atoms with Gasteiger partial charge < -0.3 is 19.8 Å². The van der Waals surface area contributed by atoms with Gasteiger partial charge in [0, 0.05) is 6.92 Å². The van der Waals surface area contributed by atoms with E-state index in [1.165, 1.54) is 11.9 Å². The fourth-order valence-electron chi connectivity index (χ4n) is 1.23. The summed E-state index contributed by atoms with van der Waals surface area (Å²) in [6.45, 7) is 5.52. The molecule has 2 unspecified atom stereocenters. The molecule has 1 N–H and O–H groups in total. The lowest BCUT2D eigenvalue weighted by molar-refractivity contribution is -0.708. The molecular formula is C12H23N3O7. The number of hydrogen-bond donors (Lipinski definition) is 1. The van der Waals surface area contributed by atoms with Crippen molar-refractivity contribution >= 4 is 12.1 Å². The van der Waals surface area contributed by atoms with Gasteiger partial charge in [0.15, 0.2) is 0 Å². The first kappa shape index (κ1) is 19.7. The van der Waals surface area contributed by atoms with Gasteiger partial charge in [0.2, 0.25) is 5.28 Å². The first-order chi connectivity index (χ1) is 10.3. The fraction of sp³-hybridized carbons (Fsp3) is 0.833. The average molecular weight is 321 g/mol. The average Bonchev–Trinajstić information content (AvgIpc) is 2.43. The van der Waals surface area contributed by atoms with E-state index in [1.54, 1.807) is 7.05 Å². The monoisotopic (exact) mass is 321 g/mol. The number of hydrazine groups is 1. The van der Waals surface area contributed by atoms with Crippen molar-refractivity contribution in [3.8, 4) is 0 Å². The molecule has 0 amide bonds. The summed E-state index contributed by atoms with van der Waals surface area (Å²) in [5.74, 6) is -0.784. The van der Waals surface area contributed by atoms with Crippen molar-refractivity contribution in [3.05, 3.63) is 5.21 Å². The summed E-state index contributed by atoms with van der Waals surface area (Å²) >= 11 is 0. The summed E-state index contributed by atoms with van der Waals surface area (Å²) in [5, 5.41) is 24.5. The van der Waals surface area contributed by atoms with Crippen molar-refractivity contribution in [1.82, 2.24) is 5.01 Å². The molecule has 0 aromatic carbocycles. The Balaban J connectivity index is 4.08. The second-order valence-corrected chi connectivity index (χ2v) is 4.72. The van der Waals surface area contributed by atoms with E-state index in [9.17, 15) is 14.8 Å². The van der Waals surface area contributed by atoms with Crippen LogP contribution in [0.25, 0.3) is 0 Å². The molecule has 0 heterocycles. The van der Waals surface area contributed by atoms with Crippen LogP contribution in [0.15, 0.2) is 5.28 Å². The molecule has 0 fully saturated rings. The molecule has 0 radical (unpaired) electrons. The van der Waals surface area contributed by atoms with Gasteiger partial charge in [-0.15, -0.1) is 5.01 Å². The number of carboxylic acids is 1. The molecule has 0 aliphatic heterocycles. The van der Waals surface area contributed by atoms with Crippen LogP contribution in [0.3, 0.4) is 0 Å². The number of aliphatic carboxylic acids is 1. The predicted molar refractivity (Wildman–Crippen MR) is 73.4 cm³/mol. The van der Waals surface area contributed by atoms with Crippen LogP contribution < -0.4 is 0 Å². The summed E-state index contributed by atoms with van der Waals surface area (Å²) in [6.07, 6.45) is -1.66. The molecule has 10 nitrogen and oxygen atoms in total. The minimum Gasteiger partial charge on any atom is -0.569 e. The third kappa shape index (κ3) is 9.61. The second kappa shape index (κ2) is 10.5. The Kier molecular flexibility index (Phi) is 9.39. The van der Waals surface area contributed by atoms with Gasteiger partial charge in [0.05, 0.1) is 25.0 Å². The standard InChI is InChI=1S/C12H23N3O7/c1-5-9(2)8-14(4)15(19)13-22-10(3)21-12(18)20-7-6-11(16)17/h9-10H,5-8H2,1-4H3,(H,16,17). The van der Waals surface area contributed by atoms with Crippen LogP contribution in [0.1, 0.15) is 33.6 Å². The van der Waals surface area contributed by atoms with E-state index in [4.69, 9.17) is 9.94 Å². The third-order valence-electron chi connectivity index (χ3n) is 2.63. The van der Waals surface area contributed by atoms with Gasteiger partial charge in [-0.1, -0.05) is 20.3 Å². The highest BCUT2D eigenvalue weighted by atomic mass is 16.8. The number of hydrogen-bond acceptors (Lipinski definition) is 7. The number of carbonyl (C=O) groups is 2. The Hall–Kier alpha value is -2.26. The molecule has 2 atom stereocenters. The molecule has 0 aromatic rings. The molecular weight excluding hydrogens is 298 g/mol. The zero-order valence-corrected chi connectivity index (χ0v) is 13.2. The van der Waals surface area contributed by atoms with Crippen molar-refractivity contribution in [1.29, 1.82) is 0 Å². The molecule has 0 saturated heterocycles. The van der Waals surface area contributed by atoms with Crippen LogP contribution in [0.2, 0.25) is 0 Å². The molecule has 10 heteroatoms. The summed E-state index contributed by atoms with van der Waals surface area (Å²) in [5.41, 5.74) is 0. The van der Waals surface area contributed by atoms with Gasteiger partial charge >= 0.3 is 12.1 Å². The zero-order chi connectivity index (χ0) is 17.1. The lowest BCUT2D eigenvalue weighted by Crippen LogP contribution is -2.31. The largest absolute Gasteiger partial charge is 0.569 e. The molecule has 22 heavy (non-hydrogen) atoms. The normalized spacial score (nSPS) is 13.9. The number of carbonyl (C=O) groups excluding carboxylic acids is 1. The van der Waals surface area contributed by atoms with Crippen molar-refractivity contribution in [2.24, 2.45) is 11.2 Å². The highest BCUT2D eigenvalue weighted by molar-refractivity contribution is 5.67. The Morgan fingerprint density at radius 1 is 1.41 bits per heavy atom. The van der Waals surface area contributed by atoms with Crippen LogP contribution in [0.5, 0.6) is 0 Å². The summed E-state index contributed by atoms with van der Waals surface area (Å²) in [6, 6.07) is 0. The van der Waals surface area contributed by atoms with E-state index < -0.39 is 18.4 Å². The summed E-state index contributed by atoms with van der Waals surface area (Å²) < 4.78 is 9.09. The number of carboxylic acid groups (broad SMARTS) is 1. The van der Waals surface area contributed by atoms with Gasteiger partial charge in [-0.05, 0) is 5.92 Å². The van der Waals surface area contributed by atoms with E-state index >= 15 is 0 Å². The Bertz CT molecular complexity index is 389. The molecule has 0 aromatic heterocycles.